The van der Waals surface area contributed by atoms with Crippen molar-refractivity contribution in [2.75, 3.05) is 13.2 Å². The number of carbonyl (C=O) groups is 3. The molecule has 0 amide bonds. The van der Waals surface area contributed by atoms with Crippen molar-refractivity contribution in [1.82, 2.24) is 0 Å². The maximum atomic E-state index is 13.4. The maximum absolute atomic E-state index is 13.4. The van der Waals surface area contributed by atoms with Crippen molar-refractivity contribution in [1.29, 1.82) is 0 Å². The van der Waals surface area contributed by atoms with E-state index in [2.05, 4.69) is 0 Å². The second kappa shape index (κ2) is 8.90. The molecule has 29 heavy (non-hydrogen) atoms. The summed E-state index contributed by atoms with van der Waals surface area (Å²) in [6.07, 6.45) is 3.40. The quantitative estimate of drug-likeness (QED) is 0.535. The largest absolute Gasteiger partial charge is 0.493 e. The monoisotopic (exact) mass is 396 g/mol. The Bertz CT molecular complexity index is 960. The number of ketones is 2. The Morgan fingerprint density at radius 1 is 0.862 bits per heavy atom. The molecule has 2 aromatic rings. The summed E-state index contributed by atoms with van der Waals surface area (Å²) in [6, 6.07) is 7.46. The molecule has 0 atom stereocenters. The molecule has 0 heterocycles. The number of carbonyl (C=O) groups excluding carboxylic acids is 2. The third-order valence-corrected chi connectivity index (χ3v) is 4.83. The molecular weight excluding hydrogens is 372 g/mol. The van der Waals surface area contributed by atoms with E-state index in [-0.39, 0.29) is 39.4 Å². The highest BCUT2D eigenvalue weighted by Gasteiger charge is 2.36. The molecule has 0 bridgehead atoms. The molecule has 0 saturated heterocycles. The van der Waals surface area contributed by atoms with Gasteiger partial charge in [-0.2, -0.15) is 0 Å². The van der Waals surface area contributed by atoms with Crippen LogP contribution < -0.4 is 9.47 Å². The third kappa shape index (κ3) is 4.01. The van der Waals surface area contributed by atoms with Gasteiger partial charge in [0.15, 0.2) is 5.78 Å². The van der Waals surface area contributed by atoms with Crippen LogP contribution in [0.5, 0.6) is 11.5 Å². The molecule has 0 spiro atoms. The van der Waals surface area contributed by atoms with Gasteiger partial charge in [-0.3, -0.25) is 9.59 Å². The zero-order chi connectivity index (χ0) is 21.0. The van der Waals surface area contributed by atoms with Crippen LogP contribution in [0.2, 0.25) is 0 Å². The van der Waals surface area contributed by atoms with E-state index in [4.69, 9.17) is 9.47 Å². The smallest absolute Gasteiger partial charge is 0.335 e. The van der Waals surface area contributed by atoms with Crippen molar-refractivity contribution in [3.63, 3.8) is 0 Å². The minimum atomic E-state index is -1.18. The van der Waals surface area contributed by atoms with Gasteiger partial charge in [0.2, 0.25) is 5.78 Å². The molecule has 0 aliphatic heterocycles. The molecule has 1 N–H and O–H groups in total. The van der Waals surface area contributed by atoms with E-state index < -0.39 is 11.8 Å². The number of hydrogen-bond acceptors (Lipinski definition) is 5. The van der Waals surface area contributed by atoms with Gasteiger partial charge in [0.05, 0.1) is 29.9 Å². The lowest BCUT2D eigenvalue weighted by Crippen LogP contribution is -2.24. The number of carboxylic acids is 1. The summed E-state index contributed by atoms with van der Waals surface area (Å²) in [4.78, 5) is 38.1. The zero-order valence-corrected chi connectivity index (χ0v) is 16.6. The number of aromatic carboxylic acids is 1. The third-order valence-electron chi connectivity index (χ3n) is 4.83. The van der Waals surface area contributed by atoms with Crippen LogP contribution >= 0.6 is 0 Å². The minimum Gasteiger partial charge on any atom is -0.493 e. The molecule has 0 saturated carbocycles. The number of carboxylic acid groups (broad SMARTS) is 1. The molecule has 6 heteroatoms. The highest BCUT2D eigenvalue weighted by molar-refractivity contribution is 6.30. The van der Waals surface area contributed by atoms with Crippen LogP contribution in [0.15, 0.2) is 30.3 Å². The predicted molar refractivity (Wildman–Crippen MR) is 108 cm³/mol. The first-order chi connectivity index (χ1) is 14.0. The lowest BCUT2D eigenvalue weighted by molar-refractivity contribution is 0.0695. The number of fused-ring (bicyclic) bond motifs is 2. The molecule has 6 nitrogen and oxygen atoms in total. The summed E-state index contributed by atoms with van der Waals surface area (Å²) in [5.41, 5.74) is 0.507. The zero-order valence-electron chi connectivity index (χ0n) is 16.6. The fraction of sp³-hybridized carbons (Fsp3) is 0.348. The van der Waals surface area contributed by atoms with Crippen LogP contribution in [0.25, 0.3) is 0 Å². The number of unbranched alkanes of at least 4 members (excludes halogenated alkanes) is 2. The van der Waals surface area contributed by atoms with Crippen LogP contribution in [0.1, 0.15) is 81.7 Å². The van der Waals surface area contributed by atoms with E-state index in [1.165, 1.54) is 12.1 Å². The Hall–Kier alpha value is -3.15. The van der Waals surface area contributed by atoms with E-state index in [1.807, 2.05) is 13.8 Å². The summed E-state index contributed by atoms with van der Waals surface area (Å²) in [7, 11) is 0. The van der Waals surface area contributed by atoms with Gasteiger partial charge >= 0.3 is 5.97 Å². The second-order valence-electron chi connectivity index (χ2n) is 6.94. The molecule has 3 rings (SSSR count). The molecule has 0 aromatic heterocycles. The fourth-order valence-electron chi connectivity index (χ4n) is 3.26. The number of rotatable bonds is 9. The van der Waals surface area contributed by atoms with Crippen molar-refractivity contribution < 1.29 is 29.0 Å². The molecule has 0 unspecified atom stereocenters. The van der Waals surface area contributed by atoms with Gasteiger partial charge in [0, 0.05) is 11.1 Å². The van der Waals surface area contributed by atoms with Gasteiger partial charge in [-0.15, -0.1) is 0 Å². The van der Waals surface area contributed by atoms with E-state index in [0.29, 0.717) is 19.0 Å². The van der Waals surface area contributed by atoms with E-state index in [0.717, 1.165) is 25.7 Å². The Labute approximate surface area is 169 Å². The maximum Gasteiger partial charge on any atom is 0.335 e. The Kier molecular flexibility index (Phi) is 6.32. The second-order valence-corrected chi connectivity index (χ2v) is 6.94. The van der Waals surface area contributed by atoms with Crippen LogP contribution in [-0.4, -0.2) is 35.9 Å². The van der Waals surface area contributed by atoms with Crippen LogP contribution in [0, 0.1) is 0 Å². The van der Waals surface area contributed by atoms with Crippen molar-refractivity contribution in [2.45, 2.75) is 39.5 Å². The number of hydrogen-bond donors (Lipinski definition) is 1. The Balaban J connectivity index is 2.12. The molecular formula is C23H24O6. The van der Waals surface area contributed by atoms with Crippen LogP contribution in [-0.2, 0) is 0 Å². The first kappa shape index (κ1) is 20.6. The van der Waals surface area contributed by atoms with Gasteiger partial charge in [-0.05, 0) is 31.0 Å². The van der Waals surface area contributed by atoms with E-state index in [1.54, 1.807) is 18.2 Å². The SMILES string of the molecule is CCCCOc1cccc2c1C(=O)c1c(OCCCC)cc(C(=O)O)cc1C2=O. The van der Waals surface area contributed by atoms with Crippen LogP contribution in [0.4, 0.5) is 0 Å². The molecule has 0 radical (unpaired) electrons. The highest BCUT2D eigenvalue weighted by Crippen LogP contribution is 2.38. The van der Waals surface area contributed by atoms with Crippen molar-refractivity contribution in [3.8, 4) is 11.5 Å². The molecule has 1 aliphatic carbocycles. The molecule has 2 aromatic carbocycles. The van der Waals surface area contributed by atoms with E-state index >= 15 is 0 Å². The van der Waals surface area contributed by atoms with Gasteiger partial charge in [-0.1, -0.05) is 38.8 Å². The lowest BCUT2D eigenvalue weighted by atomic mass is 9.82. The topological polar surface area (TPSA) is 89.9 Å². The predicted octanol–water partition coefficient (Wildman–Crippen LogP) is 4.52. The average molecular weight is 396 g/mol. The Morgan fingerprint density at radius 3 is 2.10 bits per heavy atom. The van der Waals surface area contributed by atoms with Gasteiger partial charge in [0.1, 0.15) is 11.5 Å². The lowest BCUT2D eigenvalue weighted by Gasteiger charge is -2.23. The van der Waals surface area contributed by atoms with Gasteiger partial charge in [-0.25, -0.2) is 4.79 Å². The Morgan fingerprint density at radius 2 is 1.48 bits per heavy atom. The average Bonchev–Trinajstić information content (AvgIpc) is 2.71. The first-order valence-electron chi connectivity index (χ1n) is 9.88. The van der Waals surface area contributed by atoms with Gasteiger partial charge in [0.25, 0.3) is 0 Å². The molecule has 1 aliphatic rings. The number of benzene rings is 2. The summed E-state index contributed by atoms with van der Waals surface area (Å²) in [5, 5.41) is 9.42. The summed E-state index contributed by atoms with van der Waals surface area (Å²) in [5.74, 6) is -1.48. The van der Waals surface area contributed by atoms with Crippen molar-refractivity contribution in [2.24, 2.45) is 0 Å². The van der Waals surface area contributed by atoms with Crippen molar-refractivity contribution >= 4 is 17.5 Å². The fourth-order valence-corrected chi connectivity index (χ4v) is 3.26. The normalized spacial score (nSPS) is 12.3. The van der Waals surface area contributed by atoms with Crippen molar-refractivity contribution in [3.05, 3.63) is 58.1 Å². The molecule has 0 fully saturated rings. The first-order valence-corrected chi connectivity index (χ1v) is 9.88. The van der Waals surface area contributed by atoms with Crippen LogP contribution in [0.3, 0.4) is 0 Å². The highest BCUT2D eigenvalue weighted by atomic mass is 16.5. The van der Waals surface area contributed by atoms with Gasteiger partial charge < -0.3 is 14.6 Å². The molecule has 152 valence electrons. The summed E-state index contributed by atoms with van der Waals surface area (Å²) in [6.45, 7) is 4.81. The standard InChI is InChI=1S/C23H24O6/c1-3-5-10-28-17-9-7-8-15-19(17)22(25)20-16(21(15)24)12-14(23(26)27)13-18(20)29-11-6-4-2/h7-9,12-13H,3-6,10-11H2,1-2H3,(H,26,27). The minimum absolute atomic E-state index is 0.0552. The summed E-state index contributed by atoms with van der Waals surface area (Å²) >= 11 is 0. The summed E-state index contributed by atoms with van der Waals surface area (Å²) < 4.78 is 11.5. The number of ether oxygens (including phenoxy) is 2. The van der Waals surface area contributed by atoms with E-state index in [9.17, 15) is 19.5 Å².